The Balaban J connectivity index is 1.89. The third-order valence-electron chi connectivity index (χ3n) is 5.59. The maximum Gasteiger partial charge on any atom is 0.281 e. The maximum absolute atomic E-state index is 13.6. The summed E-state index contributed by atoms with van der Waals surface area (Å²) in [4.78, 5) is 10.4. The molecular weight excluding hydrogens is 479 g/mol. The second-order valence-electron chi connectivity index (χ2n) is 8.33. The van der Waals surface area contributed by atoms with Crippen molar-refractivity contribution in [1.29, 1.82) is 0 Å². The number of nitrogens with zero attached hydrogens (tertiary/aromatic N) is 2. The van der Waals surface area contributed by atoms with Gasteiger partial charge in [0.1, 0.15) is 0 Å². The summed E-state index contributed by atoms with van der Waals surface area (Å²) < 4.78 is 31.9. The summed E-state index contributed by atoms with van der Waals surface area (Å²) in [5, 5.41) is 11.0. The lowest BCUT2D eigenvalue weighted by Crippen LogP contribution is -2.04. The molecule has 0 aliphatic heterocycles. The summed E-state index contributed by atoms with van der Waals surface area (Å²) in [7, 11) is -6.65. The van der Waals surface area contributed by atoms with Crippen LogP contribution in [0.5, 0.6) is 0 Å². The molecule has 178 valence electrons. The van der Waals surface area contributed by atoms with E-state index in [4.69, 9.17) is 0 Å². The van der Waals surface area contributed by atoms with Crippen LogP contribution < -0.4 is 0 Å². The van der Waals surface area contributed by atoms with Crippen molar-refractivity contribution in [2.24, 2.45) is 4.15 Å². The van der Waals surface area contributed by atoms with Gasteiger partial charge >= 0.3 is 0 Å². The van der Waals surface area contributed by atoms with E-state index in [2.05, 4.69) is 4.15 Å². The van der Waals surface area contributed by atoms with Gasteiger partial charge in [-0.15, -0.1) is 0 Å². The molecule has 4 aromatic rings. The number of nitro groups is 1. The first-order valence-electron chi connectivity index (χ1n) is 11.1. The van der Waals surface area contributed by atoms with Gasteiger partial charge in [0.2, 0.25) is 0 Å². The van der Waals surface area contributed by atoms with Crippen LogP contribution in [-0.4, -0.2) is 13.3 Å². The summed E-state index contributed by atoms with van der Waals surface area (Å²) >= 11 is 0. The molecule has 8 heteroatoms. The molecule has 0 saturated heterocycles. The normalized spacial score (nSPS) is 11.7. The summed E-state index contributed by atoms with van der Waals surface area (Å²) in [6.45, 7) is 0. The zero-order chi connectivity index (χ0) is 24.7. The molecule has 0 saturated carbocycles. The second kappa shape index (κ2) is 10.8. The lowest BCUT2D eigenvalue weighted by atomic mass is 10.2. The number of benzene rings is 4. The highest BCUT2D eigenvalue weighted by Crippen LogP contribution is 2.59. The van der Waals surface area contributed by atoms with Crippen LogP contribution in [0.15, 0.2) is 124 Å². The highest BCUT2D eigenvalue weighted by molar-refractivity contribution is 7.94. The summed E-state index contributed by atoms with van der Waals surface area (Å²) in [6, 6.07) is 34.4. The van der Waals surface area contributed by atoms with Crippen LogP contribution in [0.25, 0.3) is 0 Å². The van der Waals surface area contributed by atoms with Gasteiger partial charge < -0.3 is 0 Å². The molecule has 0 bridgehead atoms. The topological polar surface area (TPSA) is 89.6 Å². The van der Waals surface area contributed by atoms with Gasteiger partial charge in [0.25, 0.3) is 15.7 Å². The quantitative estimate of drug-likeness (QED) is 0.138. The molecule has 0 heterocycles. The molecule has 4 rings (SSSR count). The zero-order valence-corrected chi connectivity index (χ0v) is 20.7. The highest BCUT2D eigenvalue weighted by Gasteiger charge is 2.27. The van der Waals surface area contributed by atoms with Crippen molar-refractivity contribution in [3.8, 4) is 0 Å². The van der Waals surface area contributed by atoms with Crippen molar-refractivity contribution < 1.29 is 13.3 Å². The fraction of sp³-hybridized carbons (Fsp3) is 0.111. The van der Waals surface area contributed by atoms with E-state index in [0.29, 0.717) is 18.5 Å². The molecule has 0 radical (unpaired) electrons. The van der Waals surface area contributed by atoms with E-state index in [9.17, 15) is 18.5 Å². The molecule has 35 heavy (non-hydrogen) atoms. The molecule has 6 nitrogen and oxygen atoms in total. The summed E-state index contributed by atoms with van der Waals surface area (Å²) in [6.07, 6.45) is 1.55. The van der Waals surface area contributed by atoms with Crippen LogP contribution in [0.3, 0.4) is 0 Å². The van der Waals surface area contributed by atoms with Crippen LogP contribution in [-0.2, 0) is 28.5 Å². The number of rotatable bonds is 9. The molecule has 0 unspecified atom stereocenters. The number of sulfonamides is 1. The molecule has 0 amide bonds. The molecule has 0 aliphatic carbocycles. The Kier molecular flexibility index (Phi) is 7.59. The first-order chi connectivity index (χ1) is 16.9. The van der Waals surface area contributed by atoms with Gasteiger partial charge in [0.05, 0.1) is 9.82 Å². The average Bonchev–Trinajstić information content (AvgIpc) is 2.85. The molecule has 0 aliphatic rings. The molecule has 0 N–H and O–H groups in total. The van der Waals surface area contributed by atoms with E-state index in [1.54, 1.807) is 0 Å². The first-order valence-corrected chi connectivity index (χ1v) is 14.8. The summed E-state index contributed by atoms with van der Waals surface area (Å²) in [5.41, 5.74) is 2.91. The van der Waals surface area contributed by atoms with E-state index in [0.717, 1.165) is 16.7 Å². The Hall–Kier alpha value is -3.54. The van der Waals surface area contributed by atoms with Crippen molar-refractivity contribution in [3.05, 3.63) is 142 Å². The van der Waals surface area contributed by atoms with E-state index in [1.165, 1.54) is 24.3 Å². The molecule has 0 spiro atoms. The third-order valence-corrected chi connectivity index (χ3v) is 11.6. The van der Waals surface area contributed by atoms with Gasteiger partial charge in [-0.25, -0.2) is 0 Å². The van der Waals surface area contributed by atoms with Gasteiger partial charge in [0, 0.05) is 37.7 Å². The fourth-order valence-corrected chi connectivity index (χ4v) is 10.4. The predicted molar refractivity (Wildman–Crippen MR) is 140 cm³/mol. The van der Waals surface area contributed by atoms with Crippen LogP contribution in [0, 0.1) is 10.1 Å². The third kappa shape index (κ3) is 6.53. The van der Waals surface area contributed by atoms with Crippen molar-refractivity contribution in [1.82, 2.24) is 0 Å². The SMILES string of the molecule is O=[N+]([O-])c1ccc(S(=O)(=O)N=P(Cc2ccccc2)(Cc2ccccc2)Cc2ccccc2)cc1. The Bertz CT molecular complexity index is 1330. The Morgan fingerprint density at radius 2 is 1.00 bits per heavy atom. The van der Waals surface area contributed by atoms with Crippen LogP contribution in [0.1, 0.15) is 16.7 Å². The molecule has 0 atom stereocenters. The zero-order valence-electron chi connectivity index (χ0n) is 19.0. The van der Waals surface area contributed by atoms with Crippen molar-refractivity contribution >= 4 is 22.8 Å². The maximum atomic E-state index is 13.6. The fourth-order valence-electron chi connectivity index (χ4n) is 4.04. The lowest BCUT2D eigenvalue weighted by molar-refractivity contribution is -0.384. The van der Waals surface area contributed by atoms with Gasteiger partial charge in [-0.3, -0.25) is 10.1 Å². The number of non-ortho nitro benzene ring substituents is 1. The monoisotopic (exact) mass is 504 g/mol. The minimum atomic E-state index is -4.07. The van der Waals surface area contributed by atoms with E-state index < -0.39 is 22.0 Å². The minimum Gasteiger partial charge on any atom is -0.258 e. The largest absolute Gasteiger partial charge is 0.281 e. The Morgan fingerprint density at radius 3 is 1.34 bits per heavy atom. The predicted octanol–water partition coefficient (Wildman–Crippen LogP) is 7.09. The van der Waals surface area contributed by atoms with Gasteiger partial charge in [-0.05, 0) is 28.8 Å². The van der Waals surface area contributed by atoms with Crippen molar-refractivity contribution in [2.75, 3.05) is 0 Å². The lowest BCUT2D eigenvalue weighted by Gasteiger charge is -2.25. The van der Waals surface area contributed by atoms with Crippen LogP contribution in [0.2, 0.25) is 0 Å². The molecule has 0 fully saturated rings. The van der Waals surface area contributed by atoms with E-state index in [-0.39, 0.29) is 10.6 Å². The summed E-state index contributed by atoms with van der Waals surface area (Å²) in [5.74, 6) is 0. The van der Waals surface area contributed by atoms with Crippen molar-refractivity contribution in [2.45, 2.75) is 23.4 Å². The Morgan fingerprint density at radius 1 is 0.629 bits per heavy atom. The van der Waals surface area contributed by atoms with E-state index in [1.807, 2.05) is 91.0 Å². The molecule has 0 aromatic heterocycles. The van der Waals surface area contributed by atoms with Crippen LogP contribution >= 0.6 is 7.05 Å². The first kappa shape index (κ1) is 24.6. The Labute approximate surface area is 205 Å². The van der Waals surface area contributed by atoms with Crippen molar-refractivity contribution in [3.63, 3.8) is 0 Å². The second-order valence-corrected chi connectivity index (χ2v) is 13.5. The number of hydrogen-bond donors (Lipinski definition) is 0. The molecular formula is C27H25N2O4PS. The average molecular weight is 505 g/mol. The van der Waals surface area contributed by atoms with Crippen LogP contribution in [0.4, 0.5) is 5.69 Å². The smallest absolute Gasteiger partial charge is 0.258 e. The van der Waals surface area contributed by atoms with Gasteiger partial charge in [-0.1, -0.05) is 91.0 Å². The number of hydrogen-bond acceptors (Lipinski definition) is 4. The van der Waals surface area contributed by atoms with Gasteiger partial charge in [-0.2, -0.15) is 12.6 Å². The van der Waals surface area contributed by atoms with Gasteiger partial charge in [0.15, 0.2) is 0 Å². The van der Waals surface area contributed by atoms with E-state index >= 15 is 0 Å². The number of nitro benzene ring substituents is 1. The molecule has 4 aromatic carbocycles. The minimum absolute atomic E-state index is 0.0401. The standard InChI is InChI=1S/C27H25N2O4PS/c30-29(31)26-16-18-27(19-17-26)35(32,33)28-34(20-23-10-4-1-5-11-23,21-24-12-6-2-7-13-24)22-25-14-8-3-9-15-25/h1-19H,20-22H2. The highest BCUT2D eigenvalue weighted by atomic mass is 32.2.